The molecule has 1 atom stereocenters. The second-order valence-corrected chi connectivity index (χ2v) is 4.73. The monoisotopic (exact) mass is 249 g/mol. The van der Waals surface area contributed by atoms with Gasteiger partial charge in [0.1, 0.15) is 6.07 Å². The van der Waals surface area contributed by atoms with Crippen LogP contribution in [0.2, 0.25) is 5.02 Å². The predicted molar refractivity (Wildman–Crippen MR) is 70.2 cm³/mol. The summed E-state index contributed by atoms with van der Waals surface area (Å²) in [7, 11) is 0. The Balaban J connectivity index is 2.38. The van der Waals surface area contributed by atoms with Crippen LogP contribution in [0.25, 0.3) is 0 Å². The topological polar surface area (TPSA) is 53.0 Å². The van der Waals surface area contributed by atoms with E-state index in [4.69, 9.17) is 17.3 Å². The first kappa shape index (κ1) is 12.2. The van der Waals surface area contributed by atoms with Gasteiger partial charge in [-0.05, 0) is 31.4 Å². The molecule has 0 saturated carbocycles. The average molecular weight is 250 g/mol. The van der Waals surface area contributed by atoms with Crippen molar-refractivity contribution in [1.29, 1.82) is 5.26 Å². The van der Waals surface area contributed by atoms with Gasteiger partial charge in [0.2, 0.25) is 0 Å². The molecule has 90 valence electrons. The lowest BCUT2D eigenvalue weighted by atomic mass is 10.00. The van der Waals surface area contributed by atoms with E-state index in [1.54, 1.807) is 6.07 Å². The van der Waals surface area contributed by atoms with Crippen molar-refractivity contribution < 1.29 is 0 Å². The summed E-state index contributed by atoms with van der Waals surface area (Å²) in [5.41, 5.74) is 7.29. The Morgan fingerprint density at radius 1 is 1.47 bits per heavy atom. The van der Waals surface area contributed by atoms with E-state index < -0.39 is 0 Å². The fraction of sp³-hybridized carbons (Fsp3) is 0.462. The van der Waals surface area contributed by atoms with Gasteiger partial charge in [0.25, 0.3) is 0 Å². The molecule has 1 aromatic carbocycles. The van der Waals surface area contributed by atoms with Crippen LogP contribution in [-0.4, -0.2) is 19.1 Å². The van der Waals surface area contributed by atoms with Crippen LogP contribution in [-0.2, 0) is 0 Å². The van der Waals surface area contributed by atoms with Crippen molar-refractivity contribution >= 4 is 17.3 Å². The molecule has 4 heteroatoms. The van der Waals surface area contributed by atoms with Crippen molar-refractivity contribution in [2.75, 3.05) is 18.0 Å². The quantitative estimate of drug-likeness (QED) is 0.876. The van der Waals surface area contributed by atoms with Gasteiger partial charge >= 0.3 is 0 Å². The third-order valence-corrected chi connectivity index (χ3v) is 3.63. The van der Waals surface area contributed by atoms with Gasteiger partial charge in [-0.1, -0.05) is 17.7 Å². The van der Waals surface area contributed by atoms with Gasteiger partial charge < -0.3 is 10.6 Å². The first-order chi connectivity index (χ1) is 8.27. The largest absolute Gasteiger partial charge is 0.366 e. The van der Waals surface area contributed by atoms with Gasteiger partial charge in [0, 0.05) is 19.1 Å². The second kappa shape index (κ2) is 5.39. The van der Waals surface area contributed by atoms with Crippen molar-refractivity contribution in [3.05, 3.63) is 28.8 Å². The number of rotatable bonds is 2. The van der Waals surface area contributed by atoms with Crippen LogP contribution in [0.4, 0.5) is 5.69 Å². The molecule has 2 rings (SSSR count). The van der Waals surface area contributed by atoms with Crippen molar-refractivity contribution in [2.24, 2.45) is 5.73 Å². The standard InChI is InChI=1S/C13H16ClN3/c14-12-5-3-6-13(11(12)9-16)17-7-2-1-4-10(17)8-15/h3,5-6,10H,1-2,4,7-8,15H2. The number of hydrogen-bond acceptors (Lipinski definition) is 3. The van der Waals surface area contributed by atoms with Crippen molar-refractivity contribution in [2.45, 2.75) is 25.3 Å². The molecule has 0 aromatic heterocycles. The third kappa shape index (κ3) is 2.38. The number of anilines is 1. The Morgan fingerprint density at radius 3 is 3.00 bits per heavy atom. The summed E-state index contributed by atoms with van der Waals surface area (Å²) < 4.78 is 0. The number of benzene rings is 1. The minimum Gasteiger partial charge on any atom is -0.366 e. The Bertz CT molecular complexity index is 439. The molecule has 0 radical (unpaired) electrons. The summed E-state index contributed by atoms with van der Waals surface area (Å²) in [6.07, 6.45) is 3.45. The fourth-order valence-corrected chi connectivity index (χ4v) is 2.64. The molecule has 1 fully saturated rings. The van der Waals surface area contributed by atoms with E-state index in [1.807, 2.05) is 12.1 Å². The molecule has 17 heavy (non-hydrogen) atoms. The van der Waals surface area contributed by atoms with E-state index >= 15 is 0 Å². The first-order valence-corrected chi connectivity index (χ1v) is 6.31. The molecule has 1 unspecified atom stereocenters. The van der Waals surface area contributed by atoms with Crippen LogP contribution >= 0.6 is 11.6 Å². The summed E-state index contributed by atoms with van der Waals surface area (Å²) in [6.45, 7) is 1.58. The fourth-order valence-electron chi connectivity index (χ4n) is 2.43. The zero-order valence-electron chi connectivity index (χ0n) is 9.69. The highest BCUT2D eigenvalue weighted by Crippen LogP contribution is 2.31. The Hall–Kier alpha value is -1.24. The van der Waals surface area contributed by atoms with Gasteiger partial charge in [0.05, 0.1) is 16.3 Å². The zero-order chi connectivity index (χ0) is 12.3. The van der Waals surface area contributed by atoms with E-state index in [9.17, 15) is 5.26 Å². The van der Waals surface area contributed by atoms with Crippen molar-refractivity contribution in [3.8, 4) is 6.07 Å². The maximum absolute atomic E-state index is 9.20. The smallest absolute Gasteiger partial charge is 0.103 e. The molecule has 1 aromatic rings. The molecule has 1 aliphatic rings. The molecule has 0 spiro atoms. The molecule has 3 nitrogen and oxygen atoms in total. The van der Waals surface area contributed by atoms with E-state index in [1.165, 1.54) is 6.42 Å². The van der Waals surface area contributed by atoms with E-state index in [0.717, 1.165) is 25.1 Å². The number of piperidine rings is 1. The lowest BCUT2D eigenvalue weighted by Crippen LogP contribution is -2.44. The summed E-state index contributed by atoms with van der Waals surface area (Å²) in [5, 5.41) is 9.72. The van der Waals surface area contributed by atoms with Crippen LogP contribution in [0.5, 0.6) is 0 Å². The number of nitrogens with zero attached hydrogens (tertiary/aromatic N) is 2. The highest BCUT2D eigenvalue weighted by Gasteiger charge is 2.23. The highest BCUT2D eigenvalue weighted by molar-refractivity contribution is 6.32. The molecular formula is C13H16ClN3. The minimum absolute atomic E-state index is 0.328. The molecule has 1 saturated heterocycles. The van der Waals surface area contributed by atoms with Crippen molar-refractivity contribution in [1.82, 2.24) is 0 Å². The van der Waals surface area contributed by atoms with Crippen LogP contribution in [0, 0.1) is 11.3 Å². The van der Waals surface area contributed by atoms with E-state index in [0.29, 0.717) is 23.2 Å². The van der Waals surface area contributed by atoms with Crippen LogP contribution in [0.15, 0.2) is 18.2 Å². The number of nitriles is 1. The van der Waals surface area contributed by atoms with Crippen LogP contribution in [0.1, 0.15) is 24.8 Å². The predicted octanol–water partition coefficient (Wildman–Crippen LogP) is 2.53. The van der Waals surface area contributed by atoms with Gasteiger partial charge in [-0.3, -0.25) is 0 Å². The molecule has 0 aliphatic carbocycles. The molecular weight excluding hydrogens is 234 g/mol. The normalized spacial score (nSPS) is 20.1. The molecule has 2 N–H and O–H groups in total. The second-order valence-electron chi connectivity index (χ2n) is 4.32. The van der Waals surface area contributed by atoms with Gasteiger partial charge in [-0.15, -0.1) is 0 Å². The summed E-state index contributed by atoms with van der Waals surface area (Å²) in [4.78, 5) is 2.23. The van der Waals surface area contributed by atoms with Gasteiger partial charge in [0.15, 0.2) is 0 Å². The minimum atomic E-state index is 0.328. The first-order valence-electron chi connectivity index (χ1n) is 5.93. The van der Waals surface area contributed by atoms with Crippen LogP contribution in [0.3, 0.4) is 0 Å². The SMILES string of the molecule is N#Cc1c(Cl)cccc1N1CCCCC1CN. The maximum atomic E-state index is 9.20. The summed E-state index contributed by atoms with van der Waals surface area (Å²) >= 11 is 6.06. The third-order valence-electron chi connectivity index (χ3n) is 3.31. The zero-order valence-corrected chi connectivity index (χ0v) is 10.5. The molecule has 0 bridgehead atoms. The van der Waals surface area contributed by atoms with Gasteiger partial charge in [-0.25, -0.2) is 0 Å². The molecule has 1 aliphatic heterocycles. The lowest BCUT2D eigenvalue weighted by Gasteiger charge is -2.37. The molecule has 1 heterocycles. The Kier molecular flexibility index (Phi) is 3.88. The number of hydrogen-bond donors (Lipinski definition) is 1. The van der Waals surface area contributed by atoms with E-state index in [-0.39, 0.29) is 0 Å². The maximum Gasteiger partial charge on any atom is 0.103 e. The highest BCUT2D eigenvalue weighted by atomic mass is 35.5. The summed E-state index contributed by atoms with van der Waals surface area (Å²) in [5.74, 6) is 0. The molecule has 0 amide bonds. The number of nitrogens with two attached hydrogens (primary N) is 1. The Labute approximate surface area is 107 Å². The Morgan fingerprint density at radius 2 is 2.29 bits per heavy atom. The van der Waals surface area contributed by atoms with Gasteiger partial charge in [-0.2, -0.15) is 5.26 Å². The van der Waals surface area contributed by atoms with Crippen molar-refractivity contribution in [3.63, 3.8) is 0 Å². The van der Waals surface area contributed by atoms with E-state index in [2.05, 4.69) is 11.0 Å². The summed E-state index contributed by atoms with van der Waals surface area (Å²) in [6, 6.07) is 8.12. The lowest BCUT2D eigenvalue weighted by molar-refractivity contribution is 0.465. The van der Waals surface area contributed by atoms with Crippen LogP contribution < -0.4 is 10.6 Å². The average Bonchev–Trinajstić information content (AvgIpc) is 2.38. The number of halogens is 1.